The van der Waals surface area contributed by atoms with Crippen molar-refractivity contribution in [2.75, 3.05) is 20.3 Å². The van der Waals surface area contributed by atoms with Gasteiger partial charge in [-0.15, -0.1) is 0 Å². The fourth-order valence-electron chi connectivity index (χ4n) is 2.23. The van der Waals surface area contributed by atoms with Gasteiger partial charge in [-0.1, -0.05) is 41.4 Å². The van der Waals surface area contributed by atoms with Crippen molar-refractivity contribution in [3.63, 3.8) is 0 Å². The van der Waals surface area contributed by atoms with Crippen LogP contribution >= 0.6 is 11.6 Å². The molecule has 0 bridgehead atoms. The van der Waals surface area contributed by atoms with E-state index in [1.807, 2.05) is 29.6 Å². The number of aliphatic hydroxyl groups excluding tert-OH is 1. The minimum atomic E-state index is 0.155. The van der Waals surface area contributed by atoms with Crippen LogP contribution in [0.25, 0.3) is 0 Å². The summed E-state index contributed by atoms with van der Waals surface area (Å²) in [5.74, 6) is 1.18. The minimum absolute atomic E-state index is 0.155. The molecule has 0 aromatic heterocycles. The zero-order valence-electron chi connectivity index (χ0n) is 13.5. The van der Waals surface area contributed by atoms with Crippen LogP contribution in [0.4, 0.5) is 0 Å². The molecule has 23 heavy (non-hydrogen) atoms. The van der Waals surface area contributed by atoms with Gasteiger partial charge in [-0.25, -0.2) is 0 Å². The lowest BCUT2D eigenvalue weighted by molar-refractivity contribution is -0.671. The number of benzene rings is 2. The molecule has 0 heterocycles. The lowest BCUT2D eigenvalue weighted by atomic mass is 10.1. The van der Waals surface area contributed by atoms with Gasteiger partial charge in [-0.2, -0.15) is 0 Å². The molecule has 4 nitrogen and oxygen atoms in total. The molecule has 0 amide bonds. The number of ether oxygens (including phenoxy) is 2. The van der Waals surface area contributed by atoms with Gasteiger partial charge in [-0.05, 0) is 24.6 Å². The van der Waals surface area contributed by atoms with Gasteiger partial charge in [0.1, 0.15) is 13.2 Å². The van der Waals surface area contributed by atoms with Crippen molar-refractivity contribution in [3.8, 4) is 11.5 Å². The van der Waals surface area contributed by atoms with Crippen molar-refractivity contribution < 1.29 is 19.9 Å². The van der Waals surface area contributed by atoms with E-state index in [2.05, 4.69) is 19.1 Å². The highest BCUT2D eigenvalue weighted by atomic mass is 35.5. The molecule has 0 aliphatic carbocycles. The number of methoxy groups -OCH3 is 1. The van der Waals surface area contributed by atoms with Crippen molar-refractivity contribution in [1.29, 1.82) is 0 Å². The molecule has 2 rings (SSSR count). The van der Waals surface area contributed by atoms with E-state index >= 15 is 0 Å². The van der Waals surface area contributed by atoms with Crippen molar-refractivity contribution >= 4 is 11.6 Å². The van der Waals surface area contributed by atoms with E-state index < -0.39 is 0 Å². The Bertz CT molecular complexity index is 629. The Kier molecular flexibility index (Phi) is 6.71. The lowest BCUT2D eigenvalue weighted by Gasteiger charge is -2.14. The summed E-state index contributed by atoms with van der Waals surface area (Å²) in [6.45, 7) is 4.03. The molecule has 0 saturated heterocycles. The van der Waals surface area contributed by atoms with Gasteiger partial charge in [0.2, 0.25) is 0 Å². The molecule has 0 atom stereocenters. The van der Waals surface area contributed by atoms with Crippen LogP contribution in [-0.4, -0.2) is 25.4 Å². The van der Waals surface area contributed by atoms with Gasteiger partial charge in [-0.3, -0.25) is 0 Å². The molecule has 0 fully saturated rings. The Labute approximate surface area is 142 Å². The van der Waals surface area contributed by atoms with Crippen LogP contribution in [-0.2, 0) is 13.2 Å². The number of rotatable bonds is 8. The maximum atomic E-state index is 8.84. The highest BCUT2D eigenvalue weighted by Gasteiger charge is 2.13. The molecule has 5 heteroatoms. The van der Waals surface area contributed by atoms with Gasteiger partial charge in [0.05, 0.1) is 25.3 Å². The Hall–Kier alpha value is -1.75. The second-order valence-electron chi connectivity index (χ2n) is 5.39. The SMILES string of the molecule is COc1cc(C[NH2+]CCO)cc(Cl)c1OCc1ccc(C)cc1. The molecule has 2 aromatic rings. The number of halogens is 1. The molecule has 0 unspecified atom stereocenters. The molecule has 0 aliphatic heterocycles. The predicted molar refractivity (Wildman–Crippen MR) is 91.1 cm³/mol. The van der Waals surface area contributed by atoms with E-state index in [0.29, 0.717) is 29.7 Å². The van der Waals surface area contributed by atoms with E-state index in [-0.39, 0.29) is 6.61 Å². The summed E-state index contributed by atoms with van der Waals surface area (Å²) in [5.41, 5.74) is 3.32. The lowest BCUT2D eigenvalue weighted by Crippen LogP contribution is -2.83. The molecule has 2 aromatic carbocycles. The number of nitrogens with two attached hydrogens (primary N) is 1. The maximum absolute atomic E-state index is 8.84. The number of quaternary nitrogens is 1. The molecule has 0 aliphatic rings. The maximum Gasteiger partial charge on any atom is 0.180 e. The summed E-state index contributed by atoms with van der Waals surface area (Å²) in [7, 11) is 1.60. The fraction of sp³-hybridized carbons (Fsp3) is 0.333. The van der Waals surface area contributed by atoms with Crippen molar-refractivity contribution in [3.05, 3.63) is 58.1 Å². The average Bonchev–Trinajstić information content (AvgIpc) is 2.55. The highest BCUT2D eigenvalue weighted by Crippen LogP contribution is 2.36. The van der Waals surface area contributed by atoms with E-state index in [1.54, 1.807) is 7.11 Å². The van der Waals surface area contributed by atoms with E-state index in [4.69, 9.17) is 26.2 Å². The second kappa shape index (κ2) is 8.77. The summed E-state index contributed by atoms with van der Waals surface area (Å²) in [6, 6.07) is 12.0. The normalized spacial score (nSPS) is 10.6. The zero-order chi connectivity index (χ0) is 16.7. The van der Waals surface area contributed by atoms with Crippen molar-refractivity contribution in [2.45, 2.75) is 20.1 Å². The molecule has 3 N–H and O–H groups in total. The second-order valence-corrected chi connectivity index (χ2v) is 5.80. The summed E-state index contributed by atoms with van der Waals surface area (Å²) in [4.78, 5) is 0. The van der Waals surface area contributed by atoms with Crippen LogP contribution in [0, 0.1) is 6.92 Å². The average molecular weight is 337 g/mol. The van der Waals surface area contributed by atoms with Crippen LogP contribution in [0.1, 0.15) is 16.7 Å². The van der Waals surface area contributed by atoms with Gasteiger partial charge in [0.25, 0.3) is 0 Å². The molecule has 0 spiro atoms. The minimum Gasteiger partial charge on any atom is -0.493 e. The van der Waals surface area contributed by atoms with Gasteiger partial charge >= 0.3 is 0 Å². The summed E-state index contributed by atoms with van der Waals surface area (Å²) < 4.78 is 11.3. The number of aryl methyl sites for hydroxylation is 1. The highest BCUT2D eigenvalue weighted by molar-refractivity contribution is 6.32. The first-order valence-corrected chi connectivity index (χ1v) is 7.99. The summed E-state index contributed by atoms with van der Waals surface area (Å²) in [5, 5.41) is 11.4. The summed E-state index contributed by atoms with van der Waals surface area (Å²) >= 11 is 6.35. The molecule has 0 radical (unpaired) electrons. The van der Waals surface area contributed by atoms with Crippen LogP contribution in [0.3, 0.4) is 0 Å². The zero-order valence-corrected chi connectivity index (χ0v) is 14.3. The number of aliphatic hydroxyl groups is 1. The topological polar surface area (TPSA) is 55.3 Å². The van der Waals surface area contributed by atoms with Crippen LogP contribution in [0.15, 0.2) is 36.4 Å². The first-order valence-electron chi connectivity index (χ1n) is 7.61. The van der Waals surface area contributed by atoms with E-state index in [9.17, 15) is 0 Å². The smallest absolute Gasteiger partial charge is 0.180 e. The van der Waals surface area contributed by atoms with Gasteiger partial charge in [0.15, 0.2) is 11.5 Å². The summed E-state index contributed by atoms with van der Waals surface area (Å²) in [6.07, 6.45) is 0. The first kappa shape index (κ1) is 17.6. The van der Waals surface area contributed by atoms with Crippen LogP contribution < -0.4 is 14.8 Å². The third-order valence-corrected chi connectivity index (χ3v) is 3.79. The van der Waals surface area contributed by atoms with Crippen LogP contribution in [0.5, 0.6) is 11.5 Å². The first-order chi connectivity index (χ1) is 11.1. The largest absolute Gasteiger partial charge is 0.493 e. The van der Waals surface area contributed by atoms with Crippen molar-refractivity contribution in [1.82, 2.24) is 0 Å². The van der Waals surface area contributed by atoms with Gasteiger partial charge < -0.3 is 19.9 Å². The Morgan fingerprint density at radius 2 is 1.87 bits per heavy atom. The van der Waals surface area contributed by atoms with E-state index in [1.165, 1.54) is 5.56 Å². The van der Waals surface area contributed by atoms with Crippen molar-refractivity contribution in [2.24, 2.45) is 0 Å². The fourth-order valence-corrected chi connectivity index (χ4v) is 2.52. The molecular formula is C18H23ClNO3+. The standard InChI is InChI=1S/C18H22ClNO3/c1-13-3-5-14(6-4-13)12-23-18-16(19)9-15(10-17(18)22-2)11-20-7-8-21/h3-6,9-10,20-21H,7-8,11-12H2,1-2H3/p+1. The number of hydrogen-bond donors (Lipinski definition) is 2. The quantitative estimate of drug-likeness (QED) is 0.727. The monoisotopic (exact) mass is 336 g/mol. The molecule has 124 valence electrons. The van der Waals surface area contributed by atoms with E-state index in [0.717, 1.165) is 17.7 Å². The number of hydrogen-bond acceptors (Lipinski definition) is 3. The Morgan fingerprint density at radius 1 is 1.13 bits per heavy atom. The Balaban J connectivity index is 2.09. The molecular weight excluding hydrogens is 314 g/mol. The third kappa shape index (κ3) is 5.13. The predicted octanol–water partition coefficient (Wildman–Crippen LogP) is 2.29. The van der Waals surface area contributed by atoms with Gasteiger partial charge in [0, 0.05) is 5.56 Å². The third-order valence-electron chi connectivity index (χ3n) is 3.51. The van der Waals surface area contributed by atoms with Crippen LogP contribution in [0.2, 0.25) is 5.02 Å². The Morgan fingerprint density at radius 3 is 2.52 bits per heavy atom. The molecule has 0 saturated carbocycles.